The van der Waals surface area contributed by atoms with Crippen molar-refractivity contribution >= 4 is 27.1 Å². The molecule has 0 amide bonds. The number of hydrogen-bond acceptors (Lipinski definition) is 5. The maximum atomic E-state index is 13.1. The van der Waals surface area contributed by atoms with E-state index in [4.69, 9.17) is 0 Å². The van der Waals surface area contributed by atoms with Gasteiger partial charge in [-0.25, -0.2) is 12.8 Å². The molecule has 0 bridgehead atoms. The highest BCUT2D eigenvalue weighted by Crippen LogP contribution is 2.25. The lowest BCUT2D eigenvalue weighted by Gasteiger charge is -2.37. The molecule has 0 aromatic heterocycles. The molecule has 0 unspecified atom stereocenters. The molecule has 0 atom stereocenters. The number of sulfonamides is 1. The minimum absolute atomic E-state index is 0.0281. The Balaban J connectivity index is 1.40. The highest BCUT2D eigenvalue weighted by Gasteiger charge is 2.19. The first-order valence-corrected chi connectivity index (χ1v) is 11.5. The number of hydrogen-bond donors (Lipinski definition) is 2. The van der Waals surface area contributed by atoms with Gasteiger partial charge in [0.1, 0.15) is 11.6 Å². The third-order valence-corrected chi connectivity index (χ3v) is 6.95. The molecular formula is C23H24FN3O3S. The second-order valence-electron chi connectivity index (χ2n) is 7.55. The molecular weight excluding hydrogens is 417 g/mol. The molecule has 0 saturated carbocycles. The summed E-state index contributed by atoms with van der Waals surface area (Å²) in [5.41, 5.74) is 2.97. The highest BCUT2D eigenvalue weighted by molar-refractivity contribution is 7.92. The Bertz CT molecular complexity index is 1160. The fourth-order valence-electron chi connectivity index (χ4n) is 3.76. The van der Waals surface area contributed by atoms with Gasteiger partial charge in [0.15, 0.2) is 0 Å². The number of aromatic hydroxyl groups is 1. The standard InChI is InChI=1S/C23H24FN3O3S/c1-17-16-22(28)10-11-23(17)31(29,30)25-19-4-8-21(9-5-19)27-14-12-26(13-15-27)20-6-2-18(24)3-7-20/h2-11,16,25,28H,12-15H2,1H3. The number of phenolic OH excluding ortho intramolecular Hbond substituents is 1. The number of phenols is 1. The van der Waals surface area contributed by atoms with Gasteiger partial charge in [-0.2, -0.15) is 0 Å². The number of anilines is 3. The number of halogens is 1. The summed E-state index contributed by atoms with van der Waals surface area (Å²) in [6.45, 7) is 4.91. The normalized spacial score (nSPS) is 14.5. The smallest absolute Gasteiger partial charge is 0.262 e. The summed E-state index contributed by atoms with van der Waals surface area (Å²) >= 11 is 0. The van der Waals surface area contributed by atoms with Gasteiger partial charge in [0, 0.05) is 43.2 Å². The van der Waals surface area contributed by atoms with Crippen LogP contribution >= 0.6 is 0 Å². The number of piperazine rings is 1. The molecule has 0 aliphatic carbocycles. The van der Waals surface area contributed by atoms with E-state index in [1.54, 1.807) is 31.2 Å². The largest absolute Gasteiger partial charge is 0.508 e. The predicted molar refractivity (Wildman–Crippen MR) is 121 cm³/mol. The lowest BCUT2D eigenvalue weighted by atomic mass is 10.2. The van der Waals surface area contributed by atoms with Crippen LogP contribution in [0.15, 0.2) is 71.6 Å². The monoisotopic (exact) mass is 441 g/mol. The Morgan fingerprint density at radius 1 is 0.839 bits per heavy atom. The van der Waals surface area contributed by atoms with Crippen molar-refractivity contribution in [3.05, 3.63) is 78.1 Å². The van der Waals surface area contributed by atoms with E-state index in [0.29, 0.717) is 11.3 Å². The Labute approximate surface area is 181 Å². The summed E-state index contributed by atoms with van der Waals surface area (Å²) in [6, 6.07) is 18.0. The van der Waals surface area contributed by atoms with Crippen LogP contribution in [0.2, 0.25) is 0 Å². The fraction of sp³-hybridized carbons (Fsp3) is 0.217. The lowest BCUT2D eigenvalue weighted by molar-refractivity contribution is 0.474. The van der Waals surface area contributed by atoms with Crippen LogP contribution in [0.5, 0.6) is 5.75 Å². The molecule has 2 N–H and O–H groups in total. The minimum atomic E-state index is -3.75. The molecule has 8 heteroatoms. The van der Waals surface area contributed by atoms with Crippen molar-refractivity contribution in [1.82, 2.24) is 0 Å². The van der Waals surface area contributed by atoms with Crippen molar-refractivity contribution in [2.24, 2.45) is 0 Å². The van der Waals surface area contributed by atoms with Crippen molar-refractivity contribution in [2.75, 3.05) is 40.7 Å². The predicted octanol–water partition coefficient (Wildman–Crippen LogP) is 3.97. The Hall–Kier alpha value is -3.26. The van der Waals surface area contributed by atoms with Crippen LogP contribution in [0.1, 0.15) is 5.56 Å². The van der Waals surface area contributed by atoms with E-state index in [1.165, 1.54) is 30.3 Å². The van der Waals surface area contributed by atoms with Gasteiger partial charge < -0.3 is 14.9 Å². The van der Waals surface area contributed by atoms with Crippen LogP contribution in [0.3, 0.4) is 0 Å². The van der Waals surface area contributed by atoms with Gasteiger partial charge >= 0.3 is 0 Å². The van der Waals surface area contributed by atoms with E-state index in [1.807, 2.05) is 12.1 Å². The molecule has 1 aliphatic heterocycles. The third kappa shape index (κ3) is 4.74. The second kappa shape index (κ2) is 8.47. The Morgan fingerprint density at radius 2 is 1.35 bits per heavy atom. The number of aryl methyl sites for hydroxylation is 1. The number of rotatable bonds is 5. The topological polar surface area (TPSA) is 72.9 Å². The van der Waals surface area contributed by atoms with E-state index in [0.717, 1.165) is 37.6 Å². The maximum Gasteiger partial charge on any atom is 0.262 e. The first kappa shape index (κ1) is 21.0. The average molecular weight is 442 g/mol. The van der Waals surface area contributed by atoms with Crippen LogP contribution in [0.4, 0.5) is 21.5 Å². The van der Waals surface area contributed by atoms with Gasteiger partial charge in [0.05, 0.1) is 4.90 Å². The molecule has 0 spiro atoms. The average Bonchev–Trinajstić information content (AvgIpc) is 2.74. The summed E-state index contributed by atoms with van der Waals surface area (Å²) in [4.78, 5) is 4.59. The van der Waals surface area contributed by atoms with Crippen molar-refractivity contribution < 1.29 is 17.9 Å². The first-order valence-electron chi connectivity index (χ1n) is 10.00. The summed E-state index contributed by atoms with van der Waals surface area (Å²) < 4.78 is 41.1. The van der Waals surface area contributed by atoms with Crippen molar-refractivity contribution in [1.29, 1.82) is 0 Å². The highest BCUT2D eigenvalue weighted by atomic mass is 32.2. The Kier molecular flexibility index (Phi) is 5.73. The van der Waals surface area contributed by atoms with Gasteiger partial charge in [0.2, 0.25) is 0 Å². The maximum absolute atomic E-state index is 13.1. The van der Waals surface area contributed by atoms with E-state index in [9.17, 15) is 17.9 Å². The molecule has 6 nitrogen and oxygen atoms in total. The zero-order valence-electron chi connectivity index (χ0n) is 17.1. The van der Waals surface area contributed by atoms with Crippen LogP contribution < -0.4 is 14.5 Å². The SMILES string of the molecule is Cc1cc(O)ccc1S(=O)(=O)Nc1ccc(N2CCN(c3ccc(F)cc3)CC2)cc1. The quantitative estimate of drug-likeness (QED) is 0.627. The zero-order valence-corrected chi connectivity index (χ0v) is 17.9. The number of nitrogens with one attached hydrogen (secondary N) is 1. The van der Waals surface area contributed by atoms with E-state index in [-0.39, 0.29) is 16.5 Å². The molecule has 0 radical (unpaired) electrons. The lowest BCUT2D eigenvalue weighted by Crippen LogP contribution is -2.46. The molecule has 1 saturated heterocycles. The molecule has 3 aromatic rings. The summed E-state index contributed by atoms with van der Waals surface area (Å²) in [6.07, 6.45) is 0. The molecule has 4 rings (SSSR count). The molecule has 1 aliphatic rings. The molecule has 1 fully saturated rings. The summed E-state index contributed by atoms with van der Waals surface area (Å²) in [5.74, 6) is -0.209. The number of benzene rings is 3. The Morgan fingerprint density at radius 3 is 1.87 bits per heavy atom. The fourth-order valence-corrected chi connectivity index (χ4v) is 5.05. The van der Waals surface area contributed by atoms with Crippen molar-refractivity contribution in [2.45, 2.75) is 11.8 Å². The van der Waals surface area contributed by atoms with Gasteiger partial charge in [-0.1, -0.05) is 0 Å². The molecule has 1 heterocycles. The van der Waals surface area contributed by atoms with Crippen LogP contribution in [0.25, 0.3) is 0 Å². The van der Waals surface area contributed by atoms with Crippen molar-refractivity contribution in [3.8, 4) is 5.75 Å². The van der Waals surface area contributed by atoms with Crippen LogP contribution in [-0.2, 0) is 10.0 Å². The molecule has 3 aromatic carbocycles. The molecule has 162 valence electrons. The van der Waals surface area contributed by atoms with Crippen LogP contribution in [-0.4, -0.2) is 39.7 Å². The van der Waals surface area contributed by atoms with Gasteiger partial charge in [-0.3, -0.25) is 4.72 Å². The number of nitrogens with zero attached hydrogens (tertiary/aromatic N) is 2. The first-order chi connectivity index (χ1) is 14.8. The second-order valence-corrected chi connectivity index (χ2v) is 9.20. The van der Waals surface area contributed by atoms with E-state index < -0.39 is 10.0 Å². The third-order valence-electron chi connectivity index (χ3n) is 5.40. The van der Waals surface area contributed by atoms with Gasteiger partial charge in [-0.05, 0) is 79.2 Å². The molecule has 31 heavy (non-hydrogen) atoms. The van der Waals surface area contributed by atoms with Crippen molar-refractivity contribution in [3.63, 3.8) is 0 Å². The van der Waals surface area contributed by atoms with Gasteiger partial charge in [-0.15, -0.1) is 0 Å². The van der Waals surface area contributed by atoms with Gasteiger partial charge in [0.25, 0.3) is 10.0 Å². The minimum Gasteiger partial charge on any atom is -0.508 e. The van der Waals surface area contributed by atoms with E-state index >= 15 is 0 Å². The van der Waals surface area contributed by atoms with Crippen LogP contribution in [0, 0.1) is 12.7 Å². The summed E-state index contributed by atoms with van der Waals surface area (Å²) in [5, 5.41) is 9.50. The summed E-state index contributed by atoms with van der Waals surface area (Å²) in [7, 11) is -3.75. The van der Waals surface area contributed by atoms with E-state index in [2.05, 4.69) is 14.5 Å². The zero-order chi connectivity index (χ0) is 22.0.